The zero-order chi connectivity index (χ0) is 18.7. The molecule has 6 nitrogen and oxygen atoms in total. The van der Waals surface area contributed by atoms with Crippen molar-refractivity contribution in [1.29, 1.82) is 0 Å². The highest BCUT2D eigenvalue weighted by Crippen LogP contribution is 2.47. The number of methoxy groups -OCH3 is 1. The van der Waals surface area contributed by atoms with Crippen molar-refractivity contribution in [2.45, 2.75) is 19.4 Å². The predicted molar refractivity (Wildman–Crippen MR) is 101 cm³/mol. The van der Waals surface area contributed by atoms with Crippen molar-refractivity contribution in [2.75, 3.05) is 38.6 Å². The second kappa shape index (κ2) is 11.9. The number of carbonyl (C=O) groups excluding carboxylic acids is 1. The second-order valence-corrected chi connectivity index (χ2v) is 8.04. The molecule has 1 aromatic rings. The number of nitrogens with one attached hydrogen (secondary N) is 1. The summed E-state index contributed by atoms with van der Waals surface area (Å²) in [6, 6.07) is 8.59. The molecule has 0 spiro atoms. The van der Waals surface area contributed by atoms with E-state index in [-0.39, 0.29) is 18.4 Å². The van der Waals surface area contributed by atoms with Gasteiger partial charge in [0.1, 0.15) is 6.04 Å². The third-order valence-electron chi connectivity index (χ3n) is 3.45. The highest BCUT2D eigenvalue weighted by molar-refractivity contribution is 7.54. The Bertz CT molecular complexity index is 556. The van der Waals surface area contributed by atoms with Gasteiger partial charge in [-0.1, -0.05) is 30.3 Å². The van der Waals surface area contributed by atoms with E-state index in [1.165, 1.54) is 7.11 Å². The Morgan fingerprint density at radius 1 is 1.24 bits per heavy atom. The number of benzene rings is 1. The van der Waals surface area contributed by atoms with Crippen LogP contribution in [0.1, 0.15) is 12.5 Å². The lowest BCUT2D eigenvalue weighted by Crippen LogP contribution is -2.43. The molecule has 2 atom stereocenters. The largest absolute Gasteiger partial charge is 0.468 e. The van der Waals surface area contributed by atoms with Crippen molar-refractivity contribution >= 4 is 36.8 Å². The Kier molecular flexibility index (Phi) is 10.7. The maximum Gasteiger partial charge on any atom is 0.344 e. The Labute approximate surface area is 159 Å². The van der Waals surface area contributed by atoms with Crippen LogP contribution in [0.25, 0.3) is 0 Å². The summed E-state index contributed by atoms with van der Waals surface area (Å²) in [4.78, 5) is 12.2. The monoisotopic (exact) mass is 410 g/mol. The van der Waals surface area contributed by atoms with Crippen molar-refractivity contribution in [3.63, 3.8) is 0 Å². The number of hydrogen-bond acceptors (Lipinski definition) is 4. The fourth-order valence-electron chi connectivity index (χ4n) is 2.32. The smallest absolute Gasteiger partial charge is 0.344 e. The molecule has 0 amide bonds. The van der Waals surface area contributed by atoms with Crippen LogP contribution in [0.15, 0.2) is 30.3 Å². The van der Waals surface area contributed by atoms with Gasteiger partial charge in [0.25, 0.3) is 0 Å². The molecule has 0 radical (unpaired) electrons. The number of rotatable bonds is 12. The molecular weight excluding hydrogens is 386 g/mol. The number of carbonyl (C=O) groups is 1. The topological polar surface area (TPSA) is 67.9 Å². The van der Waals surface area contributed by atoms with E-state index in [4.69, 9.17) is 32.5 Å². The molecule has 0 heterocycles. The van der Waals surface area contributed by atoms with Gasteiger partial charge in [0.2, 0.25) is 0 Å². The first-order chi connectivity index (χ1) is 12.0. The van der Waals surface area contributed by atoms with Gasteiger partial charge in [0, 0.05) is 24.8 Å². The van der Waals surface area contributed by atoms with Crippen LogP contribution in [0.5, 0.6) is 0 Å². The number of hydrogen-bond donors (Lipinski definition) is 1. The molecule has 9 heteroatoms. The molecule has 0 bridgehead atoms. The molecule has 0 saturated carbocycles. The summed E-state index contributed by atoms with van der Waals surface area (Å²) < 4.78 is 25.3. The highest BCUT2D eigenvalue weighted by atomic mass is 35.5. The van der Waals surface area contributed by atoms with Crippen molar-refractivity contribution < 1.29 is 18.6 Å². The first-order valence-electron chi connectivity index (χ1n) is 8.02. The van der Waals surface area contributed by atoms with Gasteiger partial charge in [0.05, 0.1) is 13.7 Å². The average molecular weight is 411 g/mol. The standard InChI is InChI=1S/C16H25Cl2N2O4P/c1-3-24-25(22,20(11-9-17)12-10-18)19-15(16(21)23-2)13-14-7-5-4-6-8-14/h4-8,15H,3,9-13H2,1-2H3,(H,19,22). The minimum absolute atomic E-state index is 0.213. The first kappa shape index (κ1) is 22.4. The summed E-state index contributed by atoms with van der Waals surface area (Å²) in [5.74, 6) is 0.00879. The number of nitrogens with zero attached hydrogens (tertiary/aromatic N) is 1. The summed E-state index contributed by atoms with van der Waals surface area (Å²) in [6.45, 7) is 2.58. The van der Waals surface area contributed by atoms with Crippen LogP contribution in [0, 0.1) is 0 Å². The molecule has 1 rings (SSSR count). The van der Waals surface area contributed by atoms with E-state index in [2.05, 4.69) is 5.09 Å². The van der Waals surface area contributed by atoms with E-state index in [0.717, 1.165) is 5.56 Å². The van der Waals surface area contributed by atoms with Crippen molar-refractivity contribution in [3.8, 4) is 0 Å². The third-order valence-corrected chi connectivity index (χ3v) is 6.18. The van der Waals surface area contributed by atoms with E-state index in [9.17, 15) is 9.36 Å². The summed E-state index contributed by atoms with van der Waals surface area (Å²) in [6.07, 6.45) is 0.320. The molecule has 2 unspecified atom stereocenters. The quantitative estimate of drug-likeness (QED) is 0.324. The molecule has 1 aromatic carbocycles. The molecule has 0 aliphatic heterocycles. The first-order valence-corrected chi connectivity index (χ1v) is 10.7. The van der Waals surface area contributed by atoms with Crippen LogP contribution < -0.4 is 5.09 Å². The Morgan fingerprint density at radius 3 is 2.32 bits per heavy atom. The molecule has 25 heavy (non-hydrogen) atoms. The number of esters is 1. The van der Waals surface area contributed by atoms with Gasteiger partial charge in [-0.25, -0.2) is 9.76 Å². The lowest BCUT2D eigenvalue weighted by atomic mass is 10.1. The van der Waals surface area contributed by atoms with Crippen LogP contribution in [-0.4, -0.2) is 55.2 Å². The second-order valence-electron chi connectivity index (χ2n) is 5.16. The minimum atomic E-state index is -3.51. The Balaban J connectivity index is 3.05. The van der Waals surface area contributed by atoms with Crippen LogP contribution in [-0.2, 0) is 25.0 Å². The molecule has 0 saturated heterocycles. The van der Waals surface area contributed by atoms with Gasteiger partial charge >= 0.3 is 13.6 Å². The Morgan fingerprint density at radius 2 is 1.84 bits per heavy atom. The number of halogens is 2. The van der Waals surface area contributed by atoms with Gasteiger partial charge in [-0.3, -0.25) is 9.36 Å². The lowest BCUT2D eigenvalue weighted by molar-refractivity contribution is -0.142. The number of alkyl halides is 2. The van der Waals surface area contributed by atoms with Crippen molar-refractivity contribution in [1.82, 2.24) is 9.76 Å². The van der Waals surface area contributed by atoms with Crippen LogP contribution in [0.2, 0.25) is 0 Å². The highest BCUT2D eigenvalue weighted by Gasteiger charge is 2.36. The molecule has 142 valence electrons. The SMILES string of the molecule is CCOP(=O)(NC(Cc1ccccc1)C(=O)OC)N(CCCl)CCCl. The van der Waals surface area contributed by atoms with Crippen LogP contribution in [0.4, 0.5) is 0 Å². The molecule has 0 aromatic heterocycles. The van der Waals surface area contributed by atoms with Gasteiger partial charge in [0.15, 0.2) is 0 Å². The maximum absolute atomic E-state index is 13.4. The number of ether oxygens (including phenoxy) is 1. The minimum Gasteiger partial charge on any atom is -0.468 e. The van der Waals surface area contributed by atoms with Crippen LogP contribution in [0.3, 0.4) is 0 Å². The van der Waals surface area contributed by atoms with E-state index < -0.39 is 19.7 Å². The molecular formula is C16H25Cl2N2O4P. The van der Waals surface area contributed by atoms with Gasteiger partial charge in [-0.05, 0) is 18.9 Å². The summed E-state index contributed by atoms with van der Waals surface area (Å²) >= 11 is 11.6. The fourth-order valence-corrected chi connectivity index (χ4v) is 5.03. The Hall–Kier alpha value is -0.620. The maximum atomic E-state index is 13.4. The van der Waals surface area contributed by atoms with E-state index in [1.807, 2.05) is 30.3 Å². The molecule has 0 fully saturated rings. The third kappa shape index (κ3) is 7.26. The van der Waals surface area contributed by atoms with E-state index in [0.29, 0.717) is 19.5 Å². The van der Waals surface area contributed by atoms with Gasteiger partial charge in [-0.2, -0.15) is 0 Å². The van der Waals surface area contributed by atoms with Gasteiger partial charge in [-0.15, -0.1) is 23.2 Å². The normalized spacial score (nSPS) is 14.9. The summed E-state index contributed by atoms with van der Waals surface area (Å²) in [5.41, 5.74) is 0.912. The van der Waals surface area contributed by atoms with E-state index in [1.54, 1.807) is 11.6 Å². The summed E-state index contributed by atoms with van der Waals surface area (Å²) in [7, 11) is -2.21. The molecule has 0 aliphatic rings. The van der Waals surface area contributed by atoms with E-state index >= 15 is 0 Å². The average Bonchev–Trinajstić information content (AvgIpc) is 2.61. The van der Waals surface area contributed by atoms with Crippen molar-refractivity contribution in [3.05, 3.63) is 35.9 Å². The zero-order valence-electron chi connectivity index (χ0n) is 14.5. The molecule has 0 aliphatic carbocycles. The van der Waals surface area contributed by atoms with Crippen LogP contribution >= 0.6 is 30.9 Å². The predicted octanol–water partition coefficient (Wildman–Crippen LogP) is 3.28. The summed E-state index contributed by atoms with van der Waals surface area (Å²) in [5, 5.41) is 2.87. The zero-order valence-corrected chi connectivity index (χ0v) is 16.9. The molecule has 1 N–H and O–H groups in total. The fraction of sp³-hybridized carbons (Fsp3) is 0.562. The van der Waals surface area contributed by atoms with Gasteiger partial charge < -0.3 is 9.26 Å². The lowest BCUT2D eigenvalue weighted by Gasteiger charge is -2.32. The van der Waals surface area contributed by atoms with Crippen molar-refractivity contribution in [2.24, 2.45) is 0 Å².